The summed E-state index contributed by atoms with van der Waals surface area (Å²) in [6.07, 6.45) is -6.84. The Balaban J connectivity index is 2.08. The van der Waals surface area contributed by atoms with Crippen LogP contribution in [-0.4, -0.2) is 29.7 Å². The summed E-state index contributed by atoms with van der Waals surface area (Å²) in [6.45, 7) is 0. The maximum Gasteiger partial charge on any atom is 0.451 e. The molecule has 0 aliphatic heterocycles. The normalized spacial score (nSPS) is 12.3. The van der Waals surface area contributed by atoms with Gasteiger partial charge in [0.25, 0.3) is 0 Å². The molecule has 0 spiro atoms. The van der Waals surface area contributed by atoms with E-state index >= 15 is 0 Å². The molecule has 0 saturated carbocycles. The highest BCUT2D eigenvalue weighted by atomic mass is 35.5. The third-order valence-corrected chi connectivity index (χ3v) is 3.07. The number of halogens is 7. The molecule has 7 nitrogen and oxygen atoms in total. The van der Waals surface area contributed by atoms with Crippen molar-refractivity contribution < 1.29 is 31.1 Å². The molecule has 14 heteroatoms. The first-order chi connectivity index (χ1) is 12.5. The summed E-state index contributed by atoms with van der Waals surface area (Å²) in [4.78, 5) is 13.5. The highest BCUT2D eigenvalue weighted by Crippen LogP contribution is 2.33. The lowest BCUT2D eigenvalue weighted by Crippen LogP contribution is -2.14. The van der Waals surface area contributed by atoms with Crippen molar-refractivity contribution in [2.75, 3.05) is 0 Å². The monoisotopic (exact) mass is 410 g/mol. The van der Waals surface area contributed by atoms with Gasteiger partial charge in [-0.05, 0) is 0 Å². The fraction of sp³-hybridized carbons (Fsp3) is 0.154. The van der Waals surface area contributed by atoms with Gasteiger partial charge >= 0.3 is 18.4 Å². The van der Waals surface area contributed by atoms with Gasteiger partial charge in [-0.2, -0.15) is 36.1 Å². The van der Waals surface area contributed by atoms with E-state index in [9.17, 15) is 26.3 Å². The predicted octanol–water partition coefficient (Wildman–Crippen LogP) is 3.94. The van der Waals surface area contributed by atoms with Gasteiger partial charge < -0.3 is 4.74 Å². The average Bonchev–Trinajstić information content (AvgIpc) is 3.00. The van der Waals surface area contributed by atoms with Crippen molar-refractivity contribution in [2.24, 2.45) is 0 Å². The van der Waals surface area contributed by atoms with E-state index in [2.05, 4.69) is 25.0 Å². The lowest BCUT2D eigenvalue weighted by Gasteiger charge is -2.09. The Labute approximate surface area is 150 Å². The molecule has 0 atom stereocenters. The van der Waals surface area contributed by atoms with Gasteiger partial charge in [0.2, 0.25) is 11.7 Å². The van der Waals surface area contributed by atoms with E-state index in [-0.39, 0.29) is 5.02 Å². The molecule has 0 amide bonds. The molecular weight excluding hydrogens is 406 g/mol. The molecule has 0 bridgehead atoms. The van der Waals surface area contributed by atoms with Gasteiger partial charge in [0.1, 0.15) is 0 Å². The average molecular weight is 411 g/mol. The van der Waals surface area contributed by atoms with Crippen LogP contribution in [0.15, 0.2) is 30.7 Å². The molecule has 142 valence electrons. The number of ether oxygens (including phenoxy) is 1. The van der Waals surface area contributed by atoms with Gasteiger partial charge in [0.05, 0.1) is 17.4 Å². The first kappa shape index (κ1) is 18.8. The zero-order valence-corrected chi connectivity index (χ0v) is 13.4. The Kier molecular flexibility index (Phi) is 4.63. The predicted molar refractivity (Wildman–Crippen MR) is 76.3 cm³/mol. The third kappa shape index (κ3) is 4.24. The Morgan fingerprint density at radius 1 is 0.963 bits per heavy atom. The third-order valence-electron chi connectivity index (χ3n) is 2.87. The maximum atomic E-state index is 13.0. The van der Waals surface area contributed by atoms with Crippen LogP contribution in [0.3, 0.4) is 0 Å². The van der Waals surface area contributed by atoms with Crippen molar-refractivity contribution in [1.82, 2.24) is 29.7 Å². The van der Waals surface area contributed by atoms with Crippen LogP contribution in [0.4, 0.5) is 26.3 Å². The van der Waals surface area contributed by atoms with Gasteiger partial charge in [0, 0.05) is 18.3 Å². The second-order valence-corrected chi connectivity index (χ2v) is 5.24. The lowest BCUT2D eigenvalue weighted by molar-refractivity contribution is -0.145. The summed E-state index contributed by atoms with van der Waals surface area (Å²) >= 11 is 5.60. The quantitative estimate of drug-likeness (QED) is 0.609. The molecule has 3 aromatic heterocycles. The second kappa shape index (κ2) is 6.64. The molecule has 3 heterocycles. The Hall–Kier alpha value is -2.96. The first-order valence-electron chi connectivity index (χ1n) is 6.77. The zero-order valence-electron chi connectivity index (χ0n) is 12.6. The number of aromatic nitrogens is 6. The van der Waals surface area contributed by atoms with Crippen LogP contribution in [0.5, 0.6) is 11.9 Å². The van der Waals surface area contributed by atoms with E-state index in [1.165, 1.54) is 0 Å². The maximum absolute atomic E-state index is 13.0. The summed E-state index contributed by atoms with van der Waals surface area (Å²) in [5.74, 6) is -2.77. The second-order valence-electron chi connectivity index (χ2n) is 4.80. The summed E-state index contributed by atoms with van der Waals surface area (Å²) < 4.78 is 82.7. The van der Waals surface area contributed by atoms with E-state index in [1.54, 1.807) is 0 Å². The van der Waals surface area contributed by atoms with Crippen molar-refractivity contribution in [3.05, 3.63) is 47.3 Å². The lowest BCUT2D eigenvalue weighted by atomic mass is 10.4. The van der Waals surface area contributed by atoms with Crippen LogP contribution in [0.2, 0.25) is 5.02 Å². The van der Waals surface area contributed by atoms with Gasteiger partial charge in [-0.3, -0.25) is 0 Å². The van der Waals surface area contributed by atoms with Gasteiger partial charge in [-0.25, -0.2) is 19.9 Å². The highest BCUT2D eigenvalue weighted by molar-refractivity contribution is 6.30. The summed E-state index contributed by atoms with van der Waals surface area (Å²) in [7, 11) is 0. The Morgan fingerprint density at radius 2 is 1.63 bits per heavy atom. The number of hydrogen-bond acceptors (Lipinski definition) is 6. The summed E-state index contributed by atoms with van der Waals surface area (Å²) in [5, 5.41) is 3.35. The van der Waals surface area contributed by atoms with Gasteiger partial charge in [-0.15, -0.1) is 0 Å². The molecule has 0 N–H and O–H groups in total. The van der Waals surface area contributed by atoms with Crippen molar-refractivity contribution >= 4 is 11.6 Å². The van der Waals surface area contributed by atoms with Gasteiger partial charge in [-0.1, -0.05) is 11.6 Å². The molecule has 27 heavy (non-hydrogen) atoms. The van der Waals surface area contributed by atoms with E-state index in [1.807, 2.05) is 0 Å². The summed E-state index contributed by atoms with van der Waals surface area (Å²) in [5.41, 5.74) is -1.42. The summed E-state index contributed by atoms with van der Waals surface area (Å²) in [6, 6.07) is 0.991. The van der Waals surface area contributed by atoms with Gasteiger partial charge in [0.15, 0.2) is 11.5 Å². The minimum absolute atomic E-state index is 0.137. The molecule has 0 unspecified atom stereocenters. The Morgan fingerprint density at radius 3 is 2.22 bits per heavy atom. The molecule has 0 aromatic carbocycles. The number of rotatable bonds is 3. The minimum atomic E-state index is -4.91. The highest BCUT2D eigenvalue weighted by Gasteiger charge is 2.37. The molecule has 3 aromatic rings. The SMILES string of the molecule is FC(F)(F)c1cc(Oc2ncc(Cl)cn2)n(-c2ccnc(C(F)(F)F)n2)n1. The van der Waals surface area contributed by atoms with Crippen LogP contribution in [0, 0.1) is 0 Å². The number of nitrogens with zero attached hydrogens (tertiary/aromatic N) is 6. The van der Waals surface area contributed by atoms with Crippen LogP contribution in [-0.2, 0) is 12.4 Å². The molecule has 0 saturated heterocycles. The number of alkyl halides is 6. The zero-order chi connectivity index (χ0) is 19.8. The van der Waals surface area contributed by atoms with Crippen molar-refractivity contribution in [1.29, 1.82) is 0 Å². The molecule has 0 fully saturated rings. The number of hydrogen-bond donors (Lipinski definition) is 0. The van der Waals surface area contributed by atoms with E-state index in [0.717, 1.165) is 24.7 Å². The van der Waals surface area contributed by atoms with E-state index < -0.39 is 41.6 Å². The van der Waals surface area contributed by atoms with Crippen LogP contribution in [0.25, 0.3) is 5.82 Å². The van der Waals surface area contributed by atoms with Crippen LogP contribution < -0.4 is 4.74 Å². The first-order valence-corrected chi connectivity index (χ1v) is 7.15. The molecular formula is C13H5ClF6N6O. The largest absolute Gasteiger partial charge is 0.451 e. The fourth-order valence-electron chi connectivity index (χ4n) is 1.79. The van der Waals surface area contributed by atoms with Crippen LogP contribution in [0.1, 0.15) is 11.5 Å². The molecule has 0 aliphatic carbocycles. The molecule has 0 radical (unpaired) electrons. The van der Waals surface area contributed by atoms with Crippen molar-refractivity contribution in [3.63, 3.8) is 0 Å². The van der Waals surface area contributed by atoms with E-state index in [0.29, 0.717) is 10.7 Å². The van der Waals surface area contributed by atoms with E-state index in [4.69, 9.17) is 16.3 Å². The van der Waals surface area contributed by atoms with Crippen molar-refractivity contribution in [2.45, 2.75) is 12.4 Å². The molecule has 3 rings (SSSR count). The molecule has 0 aliphatic rings. The minimum Gasteiger partial charge on any atom is -0.405 e. The fourth-order valence-corrected chi connectivity index (χ4v) is 1.89. The topological polar surface area (TPSA) is 78.6 Å². The smallest absolute Gasteiger partial charge is 0.405 e. The van der Waals surface area contributed by atoms with Crippen molar-refractivity contribution in [3.8, 4) is 17.7 Å². The Bertz CT molecular complexity index is 955. The standard InChI is InChI=1S/C13H5ClF6N6O/c14-6-4-22-11(23-5-6)27-9-3-7(12(15,16)17)25-26(9)8-1-2-21-10(24-8)13(18,19)20/h1-5H. The van der Waals surface area contributed by atoms with Crippen LogP contribution >= 0.6 is 11.6 Å².